The summed E-state index contributed by atoms with van der Waals surface area (Å²) in [6, 6.07) is 16.4. The third-order valence-corrected chi connectivity index (χ3v) is 11.0. The molecule has 3 aromatic heterocycles. The minimum atomic E-state index is -0.555. The Bertz CT molecular complexity index is 2440. The highest BCUT2D eigenvalue weighted by Gasteiger charge is 2.32. The van der Waals surface area contributed by atoms with E-state index in [1.807, 2.05) is 24.3 Å². The molecule has 0 radical (unpaired) electrons. The average molecular weight is 717 g/mol. The van der Waals surface area contributed by atoms with Crippen LogP contribution in [0.15, 0.2) is 54.7 Å². The molecule has 2 saturated heterocycles. The zero-order chi connectivity index (χ0) is 37.0. The number of aromatic nitrogens is 4. The van der Waals surface area contributed by atoms with Gasteiger partial charge in [-0.05, 0) is 92.0 Å². The zero-order valence-corrected chi connectivity index (χ0v) is 30.4. The van der Waals surface area contributed by atoms with Gasteiger partial charge in [0.2, 0.25) is 5.88 Å². The van der Waals surface area contributed by atoms with Gasteiger partial charge >= 0.3 is 0 Å². The number of fused-ring (bicyclic) bond motifs is 4. The summed E-state index contributed by atoms with van der Waals surface area (Å²) in [4.78, 5) is 22.4. The van der Waals surface area contributed by atoms with Gasteiger partial charge in [-0.2, -0.15) is 10.4 Å². The van der Waals surface area contributed by atoms with Crippen LogP contribution in [0, 0.1) is 23.0 Å². The molecule has 0 bridgehead atoms. The lowest BCUT2D eigenvalue weighted by atomic mass is 9.90. The fourth-order valence-electron chi connectivity index (χ4n) is 8.26. The number of hydrogen-bond acceptors (Lipinski definition) is 7. The molecule has 1 N–H and O–H groups in total. The van der Waals surface area contributed by atoms with E-state index in [0.29, 0.717) is 63.1 Å². The minimum Gasteiger partial charge on any atom is -0.476 e. The minimum absolute atomic E-state index is 0.0317. The van der Waals surface area contributed by atoms with Crippen molar-refractivity contribution in [2.24, 2.45) is 7.05 Å². The summed E-state index contributed by atoms with van der Waals surface area (Å²) in [6.07, 6.45) is 5.01. The van der Waals surface area contributed by atoms with Crippen LogP contribution in [-0.2, 0) is 13.5 Å². The molecular weight excluding hydrogens is 675 g/mol. The molecule has 0 aliphatic carbocycles. The van der Waals surface area contributed by atoms with Crippen molar-refractivity contribution in [3.05, 3.63) is 77.6 Å². The second-order valence-electron chi connectivity index (χ2n) is 14.5. The van der Waals surface area contributed by atoms with Crippen LogP contribution in [0.25, 0.3) is 55.0 Å². The molecule has 1 amide bonds. The van der Waals surface area contributed by atoms with Gasteiger partial charge < -0.3 is 24.4 Å². The molecule has 5 heterocycles. The van der Waals surface area contributed by atoms with E-state index in [1.165, 1.54) is 17.0 Å². The summed E-state index contributed by atoms with van der Waals surface area (Å²) in [5.74, 6) is -0.858. The summed E-state index contributed by atoms with van der Waals surface area (Å²) in [5, 5.41) is 20.3. The first kappa shape index (κ1) is 34.7. The average Bonchev–Trinajstić information content (AvgIpc) is 3.96. The Kier molecular flexibility index (Phi) is 9.08. The zero-order valence-electron chi connectivity index (χ0n) is 30.4. The third kappa shape index (κ3) is 5.98. The first-order chi connectivity index (χ1) is 25.7. The Morgan fingerprint density at radius 1 is 1.08 bits per heavy atom. The van der Waals surface area contributed by atoms with E-state index < -0.39 is 11.6 Å². The lowest BCUT2D eigenvalue weighted by Gasteiger charge is -2.22. The molecule has 8 rings (SSSR count). The van der Waals surface area contributed by atoms with Gasteiger partial charge in [0.05, 0.1) is 28.9 Å². The molecule has 0 spiro atoms. The topological polar surface area (TPSA) is 104 Å². The Morgan fingerprint density at radius 3 is 2.66 bits per heavy atom. The number of halogens is 2. The number of nitrogens with one attached hydrogen (secondary N) is 1. The van der Waals surface area contributed by atoms with Crippen LogP contribution >= 0.6 is 0 Å². The third-order valence-electron chi connectivity index (χ3n) is 11.0. The van der Waals surface area contributed by atoms with Crippen LogP contribution < -0.4 is 10.1 Å². The van der Waals surface area contributed by atoms with Crippen molar-refractivity contribution in [2.75, 3.05) is 47.4 Å². The number of nitrogens with zero attached hydrogens (tertiary/aromatic N) is 7. The maximum atomic E-state index is 17.7. The van der Waals surface area contributed by atoms with Gasteiger partial charge in [0.25, 0.3) is 5.91 Å². The van der Waals surface area contributed by atoms with E-state index >= 15 is 4.39 Å². The van der Waals surface area contributed by atoms with Crippen molar-refractivity contribution < 1.29 is 18.3 Å². The second kappa shape index (κ2) is 13.9. The van der Waals surface area contributed by atoms with Gasteiger partial charge in [-0.15, -0.1) is 0 Å². The van der Waals surface area contributed by atoms with Crippen molar-refractivity contribution in [1.82, 2.24) is 34.4 Å². The molecule has 272 valence electrons. The van der Waals surface area contributed by atoms with Crippen molar-refractivity contribution in [1.29, 1.82) is 5.26 Å². The Hall–Kier alpha value is -5.38. The van der Waals surface area contributed by atoms with E-state index in [-0.39, 0.29) is 36.3 Å². The monoisotopic (exact) mass is 716 g/mol. The first-order valence-corrected chi connectivity index (χ1v) is 18.2. The lowest BCUT2D eigenvalue weighted by molar-refractivity contribution is 0.0817. The standard InChI is InChI=1S/C41H42F2N8O2/c1-48(2)41(52)39-33(22-46-50(39)4)34-20-32-38(51(34)27-14-16-45-21-27)31-18-25(9-6-15-44)35(29-11-5-8-24-12-13-26(42)19-30(24)29)36(43)37(31)47-40(32)53-23-28-10-7-17-49(28)3/h5,8,11-13,18-20,22,27-28,45H,6-7,9-10,14,16-17,21,23H2,1-4H3. The summed E-state index contributed by atoms with van der Waals surface area (Å²) in [6.45, 7) is 2.82. The SMILES string of the molecule is CN(C)C(=O)c1c(-c2cc3c(OCC4CCCN4C)nc4c(F)c(-c5cccc6ccc(F)cc56)c(CCC#N)cc4c3n2C2CCNC2)cnn1C. The molecule has 3 aromatic carbocycles. The molecule has 0 saturated carbocycles. The highest BCUT2D eigenvalue weighted by molar-refractivity contribution is 6.11. The van der Waals surface area contributed by atoms with E-state index in [0.717, 1.165) is 48.9 Å². The largest absolute Gasteiger partial charge is 0.476 e. The predicted octanol–water partition coefficient (Wildman–Crippen LogP) is 6.85. The Balaban J connectivity index is 1.47. The molecule has 10 nitrogen and oxygen atoms in total. The van der Waals surface area contributed by atoms with E-state index in [2.05, 4.69) is 33.0 Å². The van der Waals surface area contributed by atoms with Gasteiger partial charge in [0, 0.05) is 62.7 Å². The van der Waals surface area contributed by atoms with Gasteiger partial charge in [-0.25, -0.2) is 13.8 Å². The van der Waals surface area contributed by atoms with Crippen LogP contribution in [0.1, 0.15) is 47.8 Å². The normalized spacial score (nSPS) is 17.7. The maximum Gasteiger partial charge on any atom is 0.272 e. The molecule has 2 aliphatic rings. The number of rotatable bonds is 9. The van der Waals surface area contributed by atoms with Crippen molar-refractivity contribution in [3.63, 3.8) is 0 Å². The summed E-state index contributed by atoms with van der Waals surface area (Å²) in [5.41, 5.74) is 4.18. The number of carbonyl (C=O) groups excluding carboxylic acids is 1. The van der Waals surface area contributed by atoms with Crippen LogP contribution in [0.3, 0.4) is 0 Å². The van der Waals surface area contributed by atoms with Crippen LogP contribution in [-0.4, -0.2) is 88.5 Å². The quantitative estimate of drug-likeness (QED) is 0.175. The first-order valence-electron chi connectivity index (χ1n) is 18.2. The predicted molar refractivity (Wildman–Crippen MR) is 202 cm³/mol. The number of aryl methyl sites for hydroxylation is 2. The van der Waals surface area contributed by atoms with Gasteiger partial charge in [0.15, 0.2) is 5.82 Å². The molecule has 12 heteroatoms. The number of likely N-dealkylation sites (tertiary alicyclic amines) is 1. The molecule has 2 aliphatic heterocycles. The van der Waals surface area contributed by atoms with Crippen molar-refractivity contribution >= 4 is 38.5 Å². The number of ether oxygens (including phenoxy) is 1. The van der Waals surface area contributed by atoms with Crippen LogP contribution in [0.2, 0.25) is 0 Å². The number of nitriles is 1. The number of carbonyl (C=O) groups is 1. The fraction of sp³-hybridized carbons (Fsp3) is 0.366. The smallest absolute Gasteiger partial charge is 0.272 e. The number of pyridine rings is 1. The molecule has 53 heavy (non-hydrogen) atoms. The Morgan fingerprint density at radius 2 is 1.92 bits per heavy atom. The fourth-order valence-corrected chi connectivity index (χ4v) is 8.26. The highest BCUT2D eigenvalue weighted by Crippen LogP contribution is 2.45. The number of hydrogen-bond donors (Lipinski definition) is 1. The van der Waals surface area contributed by atoms with E-state index in [1.54, 1.807) is 44.2 Å². The summed E-state index contributed by atoms with van der Waals surface area (Å²) < 4.78 is 42.8. The van der Waals surface area contributed by atoms with Gasteiger partial charge in [-0.3, -0.25) is 9.48 Å². The molecular formula is C41H42F2N8O2. The molecule has 2 atom stereocenters. The summed E-state index contributed by atoms with van der Waals surface area (Å²) in [7, 11) is 7.27. The summed E-state index contributed by atoms with van der Waals surface area (Å²) >= 11 is 0. The van der Waals surface area contributed by atoms with Crippen molar-refractivity contribution in [2.45, 2.75) is 44.2 Å². The molecule has 6 aromatic rings. The lowest BCUT2D eigenvalue weighted by Crippen LogP contribution is -2.30. The van der Waals surface area contributed by atoms with Gasteiger partial charge in [0.1, 0.15) is 23.6 Å². The number of likely N-dealkylation sites (N-methyl/N-ethyl adjacent to an activating group) is 1. The second-order valence-corrected chi connectivity index (χ2v) is 14.5. The molecule has 2 fully saturated rings. The van der Waals surface area contributed by atoms with Crippen molar-refractivity contribution in [3.8, 4) is 34.3 Å². The van der Waals surface area contributed by atoms with E-state index in [4.69, 9.17) is 9.72 Å². The molecule has 2 unspecified atom stereocenters. The Labute approximate surface area is 306 Å². The maximum absolute atomic E-state index is 17.7. The number of benzene rings is 3. The van der Waals surface area contributed by atoms with Crippen LogP contribution in [0.4, 0.5) is 8.78 Å². The van der Waals surface area contributed by atoms with Crippen LogP contribution in [0.5, 0.6) is 5.88 Å². The number of amides is 1. The van der Waals surface area contributed by atoms with Gasteiger partial charge in [-0.1, -0.05) is 24.3 Å². The van der Waals surface area contributed by atoms with E-state index in [9.17, 15) is 14.4 Å². The highest BCUT2D eigenvalue weighted by atomic mass is 19.1.